The highest BCUT2D eigenvalue weighted by atomic mass is 32.2. The van der Waals surface area contributed by atoms with Crippen molar-refractivity contribution in [3.63, 3.8) is 0 Å². The minimum Gasteiger partial charge on any atom is -0.340 e. The molecule has 140 valence electrons. The van der Waals surface area contributed by atoms with Gasteiger partial charge in [-0.25, -0.2) is 13.4 Å². The molecular weight excluding hydrogens is 348 g/mol. The van der Waals surface area contributed by atoms with Crippen LogP contribution in [-0.4, -0.2) is 42.5 Å². The normalized spacial score (nSPS) is 18.7. The van der Waals surface area contributed by atoms with Crippen LogP contribution in [0.15, 0.2) is 30.5 Å². The maximum atomic E-state index is 11.8. The molecule has 1 atom stereocenters. The largest absolute Gasteiger partial charge is 0.340 e. The minimum atomic E-state index is -2.94. The molecule has 1 fully saturated rings. The number of anilines is 3. The molecule has 1 saturated heterocycles. The molecule has 7 heteroatoms. The predicted molar refractivity (Wildman–Crippen MR) is 106 cm³/mol. The molecule has 0 amide bonds. The van der Waals surface area contributed by atoms with Crippen LogP contribution in [-0.2, 0) is 16.3 Å². The number of aromatic nitrogens is 2. The Morgan fingerprint density at radius 1 is 1.27 bits per heavy atom. The summed E-state index contributed by atoms with van der Waals surface area (Å²) in [6, 6.07) is 8.04. The predicted octanol–water partition coefficient (Wildman–Crippen LogP) is 3.10. The van der Waals surface area contributed by atoms with Crippen LogP contribution in [0.3, 0.4) is 0 Å². The lowest BCUT2D eigenvalue weighted by molar-refractivity contribution is 0.599. The van der Waals surface area contributed by atoms with E-state index in [0.29, 0.717) is 18.9 Å². The second-order valence-corrected chi connectivity index (χ2v) is 8.90. The van der Waals surface area contributed by atoms with Gasteiger partial charge in [0.15, 0.2) is 9.84 Å². The van der Waals surface area contributed by atoms with E-state index in [2.05, 4.69) is 47.3 Å². The van der Waals surface area contributed by atoms with Crippen molar-refractivity contribution >= 4 is 27.3 Å². The number of aryl methyl sites for hydroxylation is 2. The van der Waals surface area contributed by atoms with Gasteiger partial charge in [-0.3, -0.25) is 0 Å². The number of nitrogens with zero attached hydrogens (tertiary/aromatic N) is 3. The van der Waals surface area contributed by atoms with Crippen molar-refractivity contribution in [2.24, 2.45) is 0 Å². The molecule has 1 N–H and O–H groups in total. The molecule has 1 aromatic heterocycles. The van der Waals surface area contributed by atoms with E-state index in [4.69, 9.17) is 0 Å². The lowest BCUT2D eigenvalue weighted by atomic mass is 10.1. The highest BCUT2D eigenvalue weighted by molar-refractivity contribution is 7.91. The molecule has 1 unspecified atom stereocenters. The first-order valence-electron chi connectivity index (χ1n) is 9.09. The number of para-hydroxylation sites is 1. The van der Waals surface area contributed by atoms with E-state index in [1.54, 1.807) is 6.20 Å². The van der Waals surface area contributed by atoms with Gasteiger partial charge in [0.1, 0.15) is 5.82 Å². The summed E-state index contributed by atoms with van der Waals surface area (Å²) in [4.78, 5) is 11.0. The number of sulfone groups is 1. The lowest BCUT2D eigenvalue weighted by Crippen LogP contribution is -2.37. The maximum Gasteiger partial charge on any atom is 0.227 e. The highest BCUT2D eigenvalue weighted by Gasteiger charge is 2.32. The summed E-state index contributed by atoms with van der Waals surface area (Å²) < 4.78 is 23.7. The van der Waals surface area contributed by atoms with Gasteiger partial charge in [-0.05, 0) is 43.9 Å². The Kier molecular flexibility index (Phi) is 5.46. The molecule has 0 saturated carbocycles. The van der Waals surface area contributed by atoms with Crippen LogP contribution in [0.2, 0.25) is 0 Å². The zero-order valence-electron chi connectivity index (χ0n) is 15.6. The Morgan fingerprint density at radius 2 is 2.08 bits per heavy atom. The van der Waals surface area contributed by atoms with Gasteiger partial charge in [-0.2, -0.15) is 4.98 Å². The second-order valence-electron chi connectivity index (χ2n) is 6.67. The van der Waals surface area contributed by atoms with Crippen LogP contribution in [0, 0.1) is 6.92 Å². The number of nitrogens with one attached hydrogen (secondary N) is 1. The molecule has 1 aliphatic rings. The highest BCUT2D eigenvalue weighted by Crippen LogP contribution is 2.26. The van der Waals surface area contributed by atoms with Crippen molar-refractivity contribution in [2.75, 3.05) is 28.3 Å². The van der Waals surface area contributed by atoms with Gasteiger partial charge in [-0.15, -0.1) is 0 Å². The van der Waals surface area contributed by atoms with E-state index in [-0.39, 0.29) is 17.5 Å². The van der Waals surface area contributed by atoms with Crippen LogP contribution in [0.4, 0.5) is 17.5 Å². The Labute approximate surface area is 155 Å². The first-order valence-corrected chi connectivity index (χ1v) is 10.9. The third kappa shape index (κ3) is 3.98. The molecule has 2 heterocycles. The fraction of sp³-hybridized carbons (Fsp3) is 0.474. The topological polar surface area (TPSA) is 75.2 Å². The Balaban J connectivity index is 1.86. The molecule has 0 radical (unpaired) electrons. The van der Waals surface area contributed by atoms with E-state index in [1.807, 2.05) is 17.9 Å². The van der Waals surface area contributed by atoms with Crippen molar-refractivity contribution in [3.05, 3.63) is 41.6 Å². The zero-order chi connectivity index (χ0) is 18.7. The van der Waals surface area contributed by atoms with Crippen molar-refractivity contribution < 1.29 is 8.42 Å². The van der Waals surface area contributed by atoms with Crippen LogP contribution in [0.1, 0.15) is 31.4 Å². The summed E-state index contributed by atoms with van der Waals surface area (Å²) in [7, 11) is -2.94. The minimum absolute atomic E-state index is 0.0510. The van der Waals surface area contributed by atoms with E-state index < -0.39 is 9.84 Å². The van der Waals surface area contributed by atoms with Gasteiger partial charge >= 0.3 is 0 Å². The average Bonchev–Trinajstić information content (AvgIpc) is 2.97. The number of hydrogen-bond donors (Lipinski definition) is 1. The van der Waals surface area contributed by atoms with E-state index >= 15 is 0 Å². The molecule has 2 aromatic rings. The van der Waals surface area contributed by atoms with Gasteiger partial charge in [0.05, 0.1) is 11.5 Å². The van der Waals surface area contributed by atoms with Gasteiger partial charge in [0, 0.05) is 24.5 Å². The fourth-order valence-electron chi connectivity index (χ4n) is 3.47. The second kappa shape index (κ2) is 7.61. The molecule has 1 aromatic carbocycles. The molecule has 0 spiro atoms. The summed E-state index contributed by atoms with van der Waals surface area (Å²) in [6.45, 7) is 6.88. The van der Waals surface area contributed by atoms with Crippen molar-refractivity contribution in [3.8, 4) is 0 Å². The van der Waals surface area contributed by atoms with Crippen LogP contribution in [0.5, 0.6) is 0 Å². The van der Waals surface area contributed by atoms with Crippen LogP contribution < -0.4 is 10.2 Å². The number of benzene rings is 1. The van der Waals surface area contributed by atoms with Crippen LogP contribution >= 0.6 is 0 Å². The summed E-state index contributed by atoms with van der Waals surface area (Å²) >= 11 is 0. The van der Waals surface area contributed by atoms with E-state index in [9.17, 15) is 8.42 Å². The molecule has 6 nitrogen and oxygen atoms in total. The summed E-state index contributed by atoms with van der Waals surface area (Å²) in [5.41, 5.74) is 3.48. The molecule has 3 rings (SSSR count). The number of hydrogen-bond acceptors (Lipinski definition) is 6. The quantitative estimate of drug-likeness (QED) is 0.837. The average molecular weight is 375 g/mol. The molecule has 26 heavy (non-hydrogen) atoms. The smallest absolute Gasteiger partial charge is 0.227 e. The van der Waals surface area contributed by atoms with E-state index in [0.717, 1.165) is 17.9 Å². The summed E-state index contributed by atoms with van der Waals surface area (Å²) in [6.07, 6.45) is 3.29. The number of rotatable bonds is 6. The van der Waals surface area contributed by atoms with Gasteiger partial charge in [0.2, 0.25) is 5.95 Å². The standard InChI is InChI=1S/C19H26N4O2S/c1-4-15-8-6-7-14(3)18(15)21-17-9-11-20-19(22-17)23(5-2)16-10-12-26(24,25)13-16/h6-9,11,16H,4-5,10,12-13H2,1-3H3,(H,20,21,22). The molecule has 1 aliphatic heterocycles. The summed E-state index contributed by atoms with van der Waals surface area (Å²) in [5, 5.41) is 3.42. The first kappa shape index (κ1) is 18.6. The molecular formula is C19H26N4O2S. The zero-order valence-corrected chi connectivity index (χ0v) is 16.4. The maximum absolute atomic E-state index is 11.8. The van der Waals surface area contributed by atoms with Crippen molar-refractivity contribution in [1.82, 2.24) is 9.97 Å². The van der Waals surface area contributed by atoms with Crippen LogP contribution in [0.25, 0.3) is 0 Å². The Bertz CT molecular complexity index is 883. The first-order chi connectivity index (χ1) is 12.4. The SMILES string of the molecule is CCc1cccc(C)c1Nc1ccnc(N(CC)C2CCS(=O)(=O)C2)n1. The molecule has 0 aliphatic carbocycles. The van der Waals surface area contributed by atoms with Crippen molar-refractivity contribution in [2.45, 2.75) is 39.7 Å². The monoisotopic (exact) mass is 374 g/mol. The Hall–Kier alpha value is -2.15. The van der Waals surface area contributed by atoms with E-state index in [1.165, 1.54) is 11.1 Å². The Morgan fingerprint density at radius 3 is 2.73 bits per heavy atom. The van der Waals surface area contributed by atoms with Crippen molar-refractivity contribution in [1.29, 1.82) is 0 Å². The van der Waals surface area contributed by atoms with Gasteiger partial charge < -0.3 is 10.2 Å². The van der Waals surface area contributed by atoms with Gasteiger partial charge in [-0.1, -0.05) is 25.1 Å². The summed E-state index contributed by atoms with van der Waals surface area (Å²) in [5.74, 6) is 1.72. The van der Waals surface area contributed by atoms with Gasteiger partial charge in [0.25, 0.3) is 0 Å². The lowest BCUT2D eigenvalue weighted by Gasteiger charge is -2.27. The third-order valence-corrected chi connectivity index (χ3v) is 6.63. The third-order valence-electron chi connectivity index (χ3n) is 4.88. The fourth-order valence-corrected chi connectivity index (χ4v) is 5.20. The molecule has 0 bridgehead atoms.